The summed E-state index contributed by atoms with van der Waals surface area (Å²) in [5, 5.41) is 6.91. The van der Waals surface area contributed by atoms with Gasteiger partial charge in [0.2, 0.25) is 0 Å². The molecule has 0 aliphatic carbocycles. The van der Waals surface area contributed by atoms with Crippen LogP contribution in [-0.2, 0) is 0 Å². The number of rotatable bonds is 5. The molecule has 72 valence electrons. The smallest absolute Gasteiger partial charge is 0.303 e. The lowest BCUT2D eigenvalue weighted by atomic mass is 10.4. The average molecular weight is 193 g/mol. The maximum Gasteiger partial charge on any atom is 0.303 e. The molecule has 0 rings (SSSR count). The first-order valence-corrected chi connectivity index (χ1v) is 4.02. The van der Waals surface area contributed by atoms with E-state index in [-0.39, 0.29) is 12.4 Å². The predicted molar refractivity (Wildman–Crippen MR) is 53.8 cm³/mol. The third kappa shape index (κ3) is 7.73. The zero-order valence-electron chi connectivity index (χ0n) is 8.13. The summed E-state index contributed by atoms with van der Waals surface area (Å²) in [6, 6.07) is 2.39. The first kappa shape index (κ1) is 14.2. The summed E-state index contributed by atoms with van der Waals surface area (Å²) in [6.07, 6.45) is 1.10. The lowest BCUT2D eigenvalue weighted by Crippen LogP contribution is -2.19. The van der Waals surface area contributed by atoms with E-state index in [2.05, 4.69) is 25.0 Å². The summed E-state index contributed by atoms with van der Waals surface area (Å²) in [4.78, 5) is 2.15. The molecule has 0 atom stereocenters. The molecule has 0 radical (unpaired) electrons. The molecule has 0 fully saturated rings. The first-order valence-electron chi connectivity index (χ1n) is 4.02. The van der Waals surface area contributed by atoms with Crippen molar-refractivity contribution < 1.29 is 4.58 Å². The predicted octanol–water partition coefficient (Wildman–Crippen LogP) is 1.14. The van der Waals surface area contributed by atoms with E-state index in [4.69, 9.17) is 5.41 Å². The zero-order chi connectivity index (χ0) is 8.69. The summed E-state index contributed by atoms with van der Waals surface area (Å²) >= 11 is 0. The van der Waals surface area contributed by atoms with Crippen molar-refractivity contribution >= 4 is 18.4 Å². The molecule has 12 heavy (non-hydrogen) atoms. The van der Waals surface area contributed by atoms with Crippen LogP contribution in [0, 0.1) is 5.41 Å². The molecule has 3 nitrogen and oxygen atoms in total. The summed E-state index contributed by atoms with van der Waals surface area (Å²) in [6.45, 7) is 4.95. The second-order valence-corrected chi connectivity index (χ2v) is 2.85. The van der Waals surface area contributed by atoms with Crippen molar-refractivity contribution in [3.05, 3.63) is 0 Å². The second kappa shape index (κ2) is 8.72. The van der Waals surface area contributed by atoms with Crippen LogP contribution in [-0.4, -0.2) is 49.2 Å². The molecule has 0 spiro atoms. The minimum absolute atomic E-state index is 0. The Morgan fingerprint density at radius 1 is 1.42 bits per heavy atom. The number of hydrogen-bond acceptors (Lipinski definition) is 2. The zero-order valence-corrected chi connectivity index (χ0v) is 8.95. The molecular formula is C8H19ClN3+. The van der Waals surface area contributed by atoms with Crippen molar-refractivity contribution in [1.82, 2.24) is 4.90 Å². The van der Waals surface area contributed by atoms with Gasteiger partial charge in [-0.15, -0.1) is 12.4 Å². The first-order chi connectivity index (χ1) is 5.20. The van der Waals surface area contributed by atoms with Crippen LogP contribution >= 0.6 is 12.4 Å². The van der Waals surface area contributed by atoms with Gasteiger partial charge >= 0.3 is 6.01 Å². The highest BCUT2D eigenvalue weighted by molar-refractivity contribution is 5.85. The molecule has 4 heteroatoms. The Kier molecular flexibility index (Phi) is 10.3. The maximum absolute atomic E-state index is 6.91. The summed E-state index contributed by atoms with van der Waals surface area (Å²) in [5.41, 5.74) is 0. The normalized spacial score (nSPS) is 9.00. The van der Waals surface area contributed by atoms with Gasteiger partial charge < -0.3 is 4.90 Å². The fraction of sp³-hybridized carbons (Fsp3) is 0.875. The molecular weight excluding hydrogens is 174 g/mol. The molecule has 0 bridgehead atoms. The summed E-state index contributed by atoms with van der Waals surface area (Å²) in [5.74, 6) is 0. The van der Waals surface area contributed by atoms with Crippen molar-refractivity contribution in [3.8, 4) is 0 Å². The molecule has 0 saturated heterocycles. The molecule has 1 N–H and O–H groups in total. The van der Waals surface area contributed by atoms with Crippen molar-refractivity contribution in [2.45, 2.75) is 13.3 Å². The molecule has 0 aromatic carbocycles. The van der Waals surface area contributed by atoms with E-state index in [0.29, 0.717) is 0 Å². The molecule has 0 saturated carbocycles. The molecule has 0 unspecified atom stereocenters. The molecule has 0 aliphatic heterocycles. The minimum atomic E-state index is 0. The molecule has 0 heterocycles. The van der Waals surface area contributed by atoms with Crippen LogP contribution in [0.15, 0.2) is 0 Å². The number of nitrogens with zero attached hydrogens (tertiary/aromatic N) is 2. The fourth-order valence-corrected chi connectivity index (χ4v) is 0.871. The lowest BCUT2D eigenvalue weighted by Gasteiger charge is -2.07. The van der Waals surface area contributed by atoms with Crippen LogP contribution < -0.4 is 0 Å². The number of hydrogen-bond donors (Lipinski definition) is 1. The Morgan fingerprint density at radius 2 is 2.00 bits per heavy atom. The molecule has 0 aliphatic rings. The Labute approximate surface area is 81.0 Å². The van der Waals surface area contributed by atoms with Crippen molar-refractivity contribution in [2.75, 3.05) is 33.7 Å². The van der Waals surface area contributed by atoms with Crippen LogP contribution in [0.1, 0.15) is 13.3 Å². The SMILES string of the molecule is CC[N+](=C=N)CCCN(C)C.Cl. The van der Waals surface area contributed by atoms with Crippen LogP contribution in [0.2, 0.25) is 0 Å². The van der Waals surface area contributed by atoms with Crippen molar-refractivity contribution in [1.29, 1.82) is 5.41 Å². The van der Waals surface area contributed by atoms with E-state index in [1.807, 2.05) is 11.5 Å². The molecule has 0 aromatic rings. The second-order valence-electron chi connectivity index (χ2n) is 2.85. The van der Waals surface area contributed by atoms with Gasteiger partial charge in [0.1, 0.15) is 0 Å². The van der Waals surface area contributed by atoms with Crippen LogP contribution in [0.3, 0.4) is 0 Å². The fourth-order valence-electron chi connectivity index (χ4n) is 0.871. The van der Waals surface area contributed by atoms with Gasteiger partial charge in [-0.05, 0) is 27.4 Å². The van der Waals surface area contributed by atoms with Crippen molar-refractivity contribution in [2.24, 2.45) is 0 Å². The van der Waals surface area contributed by atoms with Gasteiger partial charge in [-0.2, -0.15) is 0 Å². The third-order valence-corrected chi connectivity index (χ3v) is 1.57. The number of nitrogens with one attached hydrogen (secondary N) is 1. The topological polar surface area (TPSA) is 30.1 Å². The van der Waals surface area contributed by atoms with Crippen molar-refractivity contribution in [3.63, 3.8) is 0 Å². The van der Waals surface area contributed by atoms with E-state index in [1.54, 1.807) is 0 Å². The van der Waals surface area contributed by atoms with E-state index in [0.717, 1.165) is 26.1 Å². The molecule has 0 amide bonds. The summed E-state index contributed by atoms with van der Waals surface area (Å²) < 4.78 is 1.88. The van der Waals surface area contributed by atoms with Gasteiger partial charge in [0.25, 0.3) is 0 Å². The highest BCUT2D eigenvalue weighted by atomic mass is 35.5. The van der Waals surface area contributed by atoms with Crippen LogP contribution in [0.5, 0.6) is 0 Å². The largest absolute Gasteiger partial charge is 0.309 e. The monoisotopic (exact) mass is 192 g/mol. The van der Waals surface area contributed by atoms with Gasteiger partial charge in [0.05, 0.1) is 13.1 Å². The van der Waals surface area contributed by atoms with Gasteiger partial charge in [0.15, 0.2) is 0 Å². The standard InChI is InChI=1S/C8H18N3.ClH/c1-4-11(8-9)7-5-6-10(2)3;/h9H,4-7H2,1-3H3;1H/q+1;. The maximum atomic E-state index is 6.91. The number of halogens is 1. The van der Waals surface area contributed by atoms with Crippen LogP contribution in [0.4, 0.5) is 0 Å². The quantitative estimate of drug-likeness (QED) is 0.514. The average Bonchev–Trinajstić information content (AvgIpc) is 1.98. The highest BCUT2D eigenvalue weighted by Gasteiger charge is 1.96. The Hall–Kier alpha value is -0.370. The van der Waals surface area contributed by atoms with E-state index in [1.165, 1.54) is 0 Å². The van der Waals surface area contributed by atoms with E-state index >= 15 is 0 Å². The third-order valence-electron chi connectivity index (χ3n) is 1.57. The van der Waals surface area contributed by atoms with Gasteiger partial charge in [0, 0.05) is 6.54 Å². The highest BCUT2D eigenvalue weighted by Crippen LogP contribution is 1.84. The lowest BCUT2D eigenvalue weighted by molar-refractivity contribution is -0.519. The van der Waals surface area contributed by atoms with E-state index in [9.17, 15) is 0 Å². The van der Waals surface area contributed by atoms with Crippen LogP contribution in [0.25, 0.3) is 0 Å². The van der Waals surface area contributed by atoms with Gasteiger partial charge in [-0.1, -0.05) is 5.41 Å². The Morgan fingerprint density at radius 3 is 2.33 bits per heavy atom. The van der Waals surface area contributed by atoms with E-state index < -0.39 is 0 Å². The minimum Gasteiger partial charge on any atom is -0.309 e. The van der Waals surface area contributed by atoms with Gasteiger partial charge in [-0.3, -0.25) is 0 Å². The Bertz CT molecular complexity index is 150. The summed E-state index contributed by atoms with van der Waals surface area (Å²) in [7, 11) is 4.12. The van der Waals surface area contributed by atoms with Gasteiger partial charge in [-0.25, -0.2) is 4.58 Å². The molecule has 0 aromatic heterocycles. The Balaban J connectivity index is 0.